The summed E-state index contributed by atoms with van der Waals surface area (Å²) >= 11 is 0. The molecular formula is C26H39N5O. The van der Waals surface area contributed by atoms with E-state index in [4.69, 9.17) is 9.97 Å². The lowest BCUT2D eigenvalue weighted by Crippen LogP contribution is -2.29. The number of aromatic nitrogens is 3. The molecule has 6 nitrogen and oxygen atoms in total. The van der Waals surface area contributed by atoms with Crippen LogP contribution < -0.4 is 10.6 Å². The number of pyridine rings is 1. The summed E-state index contributed by atoms with van der Waals surface area (Å²) < 4.78 is 0. The van der Waals surface area contributed by atoms with E-state index < -0.39 is 0 Å². The molecule has 0 saturated heterocycles. The van der Waals surface area contributed by atoms with Crippen molar-refractivity contribution >= 4 is 11.8 Å². The predicted octanol–water partition coefficient (Wildman–Crippen LogP) is 5.90. The van der Waals surface area contributed by atoms with E-state index in [-0.39, 0.29) is 6.10 Å². The van der Waals surface area contributed by atoms with Gasteiger partial charge >= 0.3 is 0 Å². The maximum absolute atomic E-state index is 9.88. The normalized spacial score (nSPS) is 23.0. The molecule has 2 heterocycles. The summed E-state index contributed by atoms with van der Waals surface area (Å²) in [5.41, 5.74) is 3.22. The van der Waals surface area contributed by atoms with Gasteiger partial charge in [0, 0.05) is 24.5 Å². The zero-order chi connectivity index (χ0) is 22.3. The van der Waals surface area contributed by atoms with E-state index in [9.17, 15) is 5.11 Å². The fraction of sp³-hybridized carbons (Fsp3) is 0.654. The van der Waals surface area contributed by atoms with Gasteiger partial charge in [0.15, 0.2) is 0 Å². The van der Waals surface area contributed by atoms with Crippen molar-refractivity contribution in [3.63, 3.8) is 0 Å². The number of hydrogen-bond acceptors (Lipinski definition) is 6. The Morgan fingerprint density at radius 3 is 2.47 bits per heavy atom. The van der Waals surface area contributed by atoms with Crippen molar-refractivity contribution in [1.82, 2.24) is 15.0 Å². The summed E-state index contributed by atoms with van der Waals surface area (Å²) in [7, 11) is 0. The Morgan fingerprint density at radius 2 is 1.78 bits per heavy atom. The van der Waals surface area contributed by atoms with Gasteiger partial charge in [-0.3, -0.25) is 4.98 Å². The molecule has 0 amide bonds. The van der Waals surface area contributed by atoms with Crippen molar-refractivity contribution in [3.8, 4) is 11.3 Å². The van der Waals surface area contributed by atoms with Gasteiger partial charge < -0.3 is 15.7 Å². The second kappa shape index (κ2) is 11.1. The van der Waals surface area contributed by atoms with Crippen LogP contribution in [0.1, 0.15) is 96.0 Å². The Bertz CT molecular complexity index is 842. The number of aliphatic hydroxyl groups is 1. The highest BCUT2D eigenvalue weighted by molar-refractivity contribution is 5.73. The van der Waals surface area contributed by atoms with Gasteiger partial charge in [-0.1, -0.05) is 38.7 Å². The molecule has 2 aromatic rings. The van der Waals surface area contributed by atoms with Gasteiger partial charge in [0.05, 0.1) is 17.4 Å². The standard InChI is InChI=1S/C26H39N5O/c1-3-7-18(2)29-26-28-17-23(25(31-26)30-21-11-13-22(32)14-12-21)24-15-10-20(16-27-24)19-8-5-4-6-9-19/h10,15-19,21-22,32H,3-9,11-14H2,1-2H3,(H2,28,29,30,31)/t18-,21?,22?/m0/s1. The Labute approximate surface area is 192 Å². The van der Waals surface area contributed by atoms with E-state index in [0.29, 0.717) is 23.9 Å². The molecule has 2 aliphatic carbocycles. The monoisotopic (exact) mass is 437 g/mol. The second-order valence-electron chi connectivity index (χ2n) is 9.75. The Morgan fingerprint density at radius 1 is 1.00 bits per heavy atom. The van der Waals surface area contributed by atoms with Crippen LogP contribution in [-0.2, 0) is 0 Å². The molecule has 0 radical (unpaired) electrons. The summed E-state index contributed by atoms with van der Waals surface area (Å²) in [6.45, 7) is 4.36. The van der Waals surface area contributed by atoms with Crippen LogP contribution in [0.15, 0.2) is 24.5 Å². The van der Waals surface area contributed by atoms with Gasteiger partial charge in [-0.25, -0.2) is 4.98 Å². The lowest BCUT2D eigenvalue weighted by Gasteiger charge is -2.27. The fourth-order valence-corrected chi connectivity index (χ4v) is 5.13. The topological polar surface area (TPSA) is 83.0 Å². The van der Waals surface area contributed by atoms with Gasteiger partial charge in [-0.15, -0.1) is 0 Å². The highest BCUT2D eigenvalue weighted by Crippen LogP contribution is 2.34. The molecule has 0 spiro atoms. The second-order valence-corrected chi connectivity index (χ2v) is 9.75. The maximum atomic E-state index is 9.88. The van der Waals surface area contributed by atoms with Crippen LogP contribution >= 0.6 is 0 Å². The van der Waals surface area contributed by atoms with Crippen LogP contribution in [-0.4, -0.2) is 38.2 Å². The molecule has 0 aliphatic heterocycles. The Balaban J connectivity index is 1.56. The van der Waals surface area contributed by atoms with Crippen molar-refractivity contribution in [2.24, 2.45) is 0 Å². The van der Waals surface area contributed by atoms with E-state index in [1.807, 2.05) is 6.20 Å². The van der Waals surface area contributed by atoms with Crippen molar-refractivity contribution < 1.29 is 5.11 Å². The average molecular weight is 438 g/mol. The minimum absolute atomic E-state index is 0.168. The van der Waals surface area contributed by atoms with Crippen LogP contribution in [0.25, 0.3) is 11.3 Å². The molecule has 4 rings (SSSR count). The van der Waals surface area contributed by atoms with E-state index in [0.717, 1.165) is 55.6 Å². The number of aliphatic hydroxyl groups excluding tert-OH is 1. The van der Waals surface area contributed by atoms with Crippen molar-refractivity contribution in [1.29, 1.82) is 0 Å². The van der Waals surface area contributed by atoms with Crippen molar-refractivity contribution in [2.45, 2.75) is 109 Å². The van der Waals surface area contributed by atoms with Crippen LogP contribution in [0.4, 0.5) is 11.8 Å². The van der Waals surface area contributed by atoms with E-state index in [2.05, 4.69) is 47.8 Å². The molecule has 0 aromatic carbocycles. The number of rotatable bonds is 8. The quantitative estimate of drug-likeness (QED) is 0.477. The van der Waals surface area contributed by atoms with Crippen LogP contribution in [0.3, 0.4) is 0 Å². The van der Waals surface area contributed by atoms with Gasteiger partial charge in [0.1, 0.15) is 5.82 Å². The van der Waals surface area contributed by atoms with Crippen LogP contribution in [0.5, 0.6) is 0 Å². The molecule has 2 aromatic heterocycles. The first-order valence-electron chi connectivity index (χ1n) is 12.7. The summed E-state index contributed by atoms with van der Waals surface area (Å²) in [5.74, 6) is 2.15. The maximum Gasteiger partial charge on any atom is 0.224 e. The van der Waals surface area contributed by atoms with Crippen LogP contribution in [0, 0.1) is 0 Å². The van der Waals surface area contributed by atoms with Gasteiger partial charge in [-0.05, 0) is 69.4 Å². The third kappa shape index (κ3) is 5.97. The molecule has 3 N–H and O–H groups in total. The molecule has 6 heteroatoms. The lowest BCUT2D eigenvalue weighted by molar-refractivity contribution is 0.126. The average Bonchev–Trinajstić information content (AvgIpc) is 2.82. The highest BCUT2D eigenvalue weighted by atomic mass is 16.3. The SMILES string of the molecule is CCC[C@H](C)Nc1ncc(-c2ccc(C3CCCCC3)cn2)c(NC2CCC(O)CC2)n1. The Hall–Kier alpha value is -2.21. The van der Waals surface area contributed by atoms with Crippen molar-refractivity contribution in [3.05, 3.63) is 30.1 Å². The lowest BCUT2D eigenvalue weighted by atomic mass is 9.85. The fourth-order valence-electron chi connectivity index (χ4n) is 5.13. The first kappa shape index (κ1) is 23.0. The van der Waals surface area contributed by atoms with Crippen LogP contribution in [0.2, 0.25) is 0 Å². The van der Waals surface area contributed by atoms with Crippen molar-refractivity contribution in [2.75, 3.05) is 10.6 Å². The van der Waals surface area contributed by atoms with E-state index in [1.165, 1.54) is 37.7 Å². The van der Waals surface area contributed by atoms with Gasteiger partial charge in [0.2, 0.25) is 5.95 Å². The first-order valence-corrected chi connectivity index (χ1v) is 12.7. The molecule has 0 bridgehead atoms. The van der Waals surface area contributed by atoms with E-state index >= 15 is 0 Å². The summed E-state index contributed by atoms with van der Waals surface area (Å²) in [6.07, 6.45) is 16.2. The number of anilines is 2. The smallest absolute Gasteiger partial charge is 0.224 e. The molecule has 2 saturated carbocycles. The molecule has 174 valence electrons. The molecule has 1 atom stereocenters. The summed E-state index contributed by atoms with van der Waals surface area (Å²) in [5, 5.41) is 17.0. The zero-order valence-corrected chi connectivity index (χ0v) is 19.7. The van der Waals surface area contributed by atoms with E-state index in [1.54, 1.807) is 0 Å². The first-order chi connectivity index (χ1) is 15.6. The summed E-state index contributed by atoms with van der Waals surface area (Å²) in [4.78, 5) is 14.3. The molecular weight excluding hydrogens is 398 g/mol. The van der Waals surface area contributed by atoms with Gasteiger partial charge in [-0.2, -0.15) is 4.98 Å². The minimum atomic E-state index is -0.168. The molecule has 2 aliphatic rings. The Kier molecular flexibility index (Phi) is 7.95. The molecule has 32 heavy (non-hydrogen) atoms. The highest BCUT2D eigenvalue weighted by Gasteiger charge is 2.22. The number of nitrogens with zero attached hydrogens (tertiary/aromatic N) is 3. The predicted molar refractivity (Wildman–Crippen MR) is 131 cm³/mol. The third-order valence-electron chi connectivity index (χ3n) is 7.06. The minimum Gasteiger partial charge on any atom is -0.393 e. The molecule has 2 fully saturated rings. The van der Waals surface area contributed by atoms with Gasteiger partial charge in [0.25, 0.3) is 0 Å². The zero-order valence-electron chi connectivity index (χ0n) is 19.7. The third-order valence-corrected chi connectivity index (χ3v) is 7.06. The largest absolute Gasteiger partial charge is 0.393 e. The molecule has 0 unspecified atom stereocenters. The number of hydrogen-bond donors (Lipinski definition) is 3. The number of nitrogens with one attached hydrogen (secondary N) is 2. The summed E-state index contributed by atoms with van der Waals surface area (Å²) in [6, 6.07) is 5.02.